The fourth-order valence-corrected chi connectivity index (χ4v) is 3.37. The van der Waals surface area contributed by atoms with Gasteiger partial charge in [0.05, 0.1) is 0 Å². The summed E-state index contributed by atoms with van der Waals surface area (Å²) in [5.41, 5.74) is 7.25. The van der Waals surface area contributed by atoms with Crippen molar-refractivity contribution >= 4 is 27.3 Å². The number of hydrogen-bond donors (Lipinski definition) is 1. The first-order chi connectivity index (χ1) is 7.59. The fraction of sp³-hybridized carbons (Fsp3) is 0.231. The van der Waals surface area contributed by atoms with E-state index in [-0.39, 0.29) is 5.54 Å². The van der Waals surface area contributed by atoms with Crippen molar-refractivity contribution in [1.29, 1.82) is 0 Å². The van der Waals surface area contributed by atoms with Crippen LogP contribution in [0.2, 0.25) is 0 Å². The zero-order valence-electron chi connectivity index (χ0n) is 9.11. The van der Waals surface area contributed by atoms with Crippen molar-refractivity contribution in [2.24, 2.45) is 5.73 Å². The van der Waals surface area contributed by atoms with Crippen LogP contribution in [-0.2, 0) is 12.0 Å². The third-order valence-electron chi connectivity index (χ3n) is 2.65. The molecule has 0 radical (unpaired) electrons. The Morgan fingerprint density at radius 1 is 1.25 bits per heavy atom. The van der Waals surface area contributed by atoms with Crippen LogP contribution in [-0.4, -0.2) is 0 Å². The molecule has 1 heterocycles. The molecule has 3 heteroatoms. The summed E-state index contributed by atoms with van der Waals surface area (Å²) in [5.74, 6) is 0. The quantitative estimate of drug-likeness (QED) is 0.912. The normalized spacial score (nSPS) is 14.7. The smallest absolute Gasteiger partial charge is 0.0430 e. The second-order valence-electron chi connectivity index (χ2n) is 4.15. The molecule has 0 saturated carbocycles. The predicted molar refractivity (Wildman–Crippen MR) is 73.7 cm³/mol. The van der Waals surface area contributed by atoms with Crippen LogP contribution in [0.4, 0.5) is 0 Å². The summed E-state index contributed by atoms with van der Waals surface area (Å²) in [7, 11) is 0. The van der Waals surface area contributed by atoms with Gasteiger partial charge in [0.15, 0.2) is 0 Å². The number of hydrogen-bond acceptors (Lipinski definition) is 2. The summed E-state index contributed by atoms with van der Waals surface area (Å²) in [6, 6.07) is 12.3. The van der Waals surface area contributed by atoms with E-state index in [1.807, 2.05) is 18.2 Å². The summed E-state index contributed by atoms with van der Waals surface area (Å²) >= 11 is 5.29. The van der Waals surface area contributed by atoms with Crippen molar-refractivity contribution < 1.29 is 0 Å². The Hall–Kier alpha value is -0.640. The van der Waals surface area contributed by atoms with Gasteiger partial charge in [-0.25, -0.2) is 0 Å². The first-order valence-electron chi connectivity index (χ1n) is 5.16. The molecule has 1 atom stereocenters. The third-order valence-corrected chi connectivity index (χ3v) is 4.58. The van der Waals surface area contributed by atoms with Crippen molar-refractivity contribution in [3.05, 3.63) is 56.7 Å². The summed E-state index contributed by atoms with van der Waals surface area (Å²) < 4.78 is 1.16. The first kappa shape index (κ1) is 11.8. The van der Waals surface area contributed by atoms with Crippen molar-refractivity contribution in [3.8, 4) is 0 Å². The standard InChI is InChI=1S/C13H14BrNS/c1-13(15,10-5-3-2-4-6-10)9-12-11(14)7-8-16-12/h2-8H,9,15H2,1H3. The van der Waals surface area contributed by atoms with Gasteiger partial charge in [-0.3, -0.25) is 0 Å². The lowest BCUT2D eigenvalue weighted by atomic mass is 9.89. The predicted octanol–water partition coefficient (Wildman–Crippen LogP) is 3.93. The zero-order valence-corrected chi connectivity index (χ0v) is 11.5. The van der Waals surface area contributed by atoms with E-state index in [9.17, 15) is 0 Å². The minimum atomic E-state index is -0.311. The number of nitrogens with two attached hydrogens (primary N) is 1. The summed E-state index contributed by atoms with van der Waals surface area (Å²) in [6.07, 6.45) is 0.856. The zero-order chi connectivity index (χ0) is 11.6. The minimum absolute atomic E-state index is 0.311. The van der Waals surface area contributed by atoms with Crippen LogP contribution < -0.4 is 5.73 Å². The van der Waals surface area contributed by atoms with Crippen LogP contribution in [0.5, 0.6) is 0 Å². The van der Waals surface area contributed by atoms with Gasteiger partial charge < -0.3 is 5.73 Å². The fourth-order valence-electron chi connectivity index (χ4n) is 1.71. The van der Waals surface area contributed by atoms with E-state index in [0.717, 1.165) is 10.9 Å². The van der Waals surface area contributed by atoms with Crippen molar-refractivity contribution in [2.75, 3.05) is 0 Å². The van der Waals surface area contributed by atoms with Crippen LogP contribution in [0, 0.1) is 0 Å². The second kappa shape index (κ2) is 4.70. The minimum Gasteiger partial charge on any atom is -0.321 e. The van der Waals surface area contributed by atoms with E-state index in [1.165, 1.54) is 10.4 Å². The lowest BCUT2D eigenvalue weighted by Crippen LogP contribution is -2.35. The van der Waals surface area contributed by atoms with Crippen molar-refractivity contribution in [1.82, 2.24) is 0 Å². The molecule has 0 aliphatic carbocycles. The largest absolute Gasteiger partial charge is 0.321 e. The molecule has 16 heavy (non-hydrogen) atoms. The average Bonchev–Trinajstić information content (AvgIpc) is 2.65. The molecule has 2 aromatic rings. The van der Waals surface area contributed by atoms with Crippen LogP contribution in [0.3, 0.4) is 0 Å². The maximum absolute atomic E-state index is 6.38. The van der Waals surface area contributed by atoms with Gasteiger partial charge in [0.2, 0.25) is 0 Å². The van der Waals surface area contributed by atoms with Crippen molar-refractivity contribution in [3.63, 3.8) is 0 Å². The Kier molecular flexibility index (Phi) is 3.47. The summed E-state index contributed by atoms with van der Waals surface area (Å²) in [5, 5.41) is 2.08. The summed E-state index contributed by atoms with van der Waals surface area (Å²) in [4.78, 5) is 1.30. The molecule has 0 aliphatic rings. The molecule has 0 aliphatic heterocycles. The second-order valence-corrected chi connectivity index (χ2v) is 6.01. The third kappa shape index (κ3) is 2.54. The monoisotopic (exact) mass is 295 g/mol. The molecular weight excluding hydrogens is 282 g/mol. The van der Waals surface area contributed by atoms with Crippen molar-refractivity contribution in [2.45, 2.75) is 18.9 Å². The van der Waals surface area contributed by atoms with Gasteiger partial charge in [-0.1, -0.05) is 30.3 Å². The van der Waals surface area contributed by atoms with Gasteiger partial charge in [-0.2, -0.15) is 0 Å². The number of thiophene rings is 1. The van der Waals surface area contributed by atoms with Gasteiger partial charge in [-0.15, -0.1) is 11.3 Å². The molecule has 84 valence electrons. The van der Waals surface area contributed by atoms with E-state index >= 15 is 0 Å². The molecule has 1 unspecified atom stereocenters. The number of benzene rings is 1. The van der Waals surface area contributed by atoms with E-state index in [0.29, 0.717) is 0 Å². The molecule has 2 rings (SSSR count). The van der Waals surface area contributed by atoms with E-state index < -0.39 is 0 Å². The lowest BCUT2D eigenvalue weighted by molar-refractivity contribution is 0.495. The Balaban J connectivity index is 2.24. The highest BCUT2D eigenvalue weighted by Gasteiger charge is 2.22. The van der Waals surface area contributed by atoms with Crippen LogP contribution >= 0.6 is 27.3 Å². The summed E-state index contributed by atoms with van der Waals surface area (Å²) in [6.45, 7) is 2.08. The molecule has 2 N–H and O–H groups in total. The Morgan fingerprint density at radius 2 is 1.94 bits per heavy atom. The van der Waals surface area contributed by atoms with Gasteiger partial charge in [-0.05, 0) is 39.9 Å². The SMILES string of the molecule is CC(N)(Cc1sccc1Br)c1ccccc1. The lowest BCUT2D eigenvalue weighted by Gasteiger charge is -2.24. The molecule has 0 spiro atoms. The van der Waals surface area contributed by atoms with E-state index in [2.05, 4.69) is 46.4 Å². The molecule has 0 bridgehead atoms. The van der Waals surface area contributed by atoms with Crippen LogP contribution in [0.15, 0.2) is 46.3 Å². The van der Waals surface area contributed by atoms with E-state index in [1.54, 1.807) is 11.3 Å². The van der Waals surface area contributed by atoms with Crippen LogP contribution in [0.1, 0.15) is 17.4 Å². The highest BCUT2D eigenvalue weighted by atomic mass is 79.9. The molecular formula is C13H14BrNS. The number of rotatable bonds is 3. The van der Waals surface area contributed by atoms with Gasteiger partial charge >= 0.3 is 0 Å². The van der Waals surface area contributed by atoms with E-state index in [4.69, 9.17) is 5.73 Å². The molecule has 1 aromatic carbocycles. The average molecular weight is 296 g/mol. The van der Waals surface area contributed by atoms with Crippen LogP contribution in [0.25, 0.3) is 0 Å². The Bertz CT molecular complexity index is 462. The highest BCUT2D eigenvalue weighted by molar-refractivity contribution is 9.10. The highest BCUT2D eigenvalue weighted by Crippen LogP contribution is 2.30. The molecule has 0 amide bonds. The Morgan fingerprint density at radius 3 is 2.50 bits per heavy atom. The maximum atomic E-state index is 6.38. The van der Waals surface area contributed by atoms with Gasteiger partial charge in [0, 0.05) is 21.3 Å². The van der Waals surface area contributed by atoms with Gasteiger partial charge in [0.1, 0.15) is 0 Å². The molecule has 1 aromatic heterocycles. The molecule has 1 nitrogen and oxygen atoms in total. The first-order valence-corrected chi connectivity index (χ1v) is 6.83. The number of halogens is 1. The molecule has 0 saturated heterocycles. The molecule has 0 fully saturated rings. The van der Waals surface area contributed by atoms with Gasteiger partial charge in [0.25, 0.3) is 0 Å². The Labute approximate surface area is 108 Å². The topological polar surface area (TPSA) is 26.0 Å². The maximum Gasteiger partial charge on any atom is 0.0430 e.